The van der Waals surface area contributed by atoms with Crippen LogP contribution in [0.1, 0.15) is 44.1 Å². The molecule has 14 heteroatoms. The minimum absolute atomic E-state index is 0.0442. The summed E-state index contributed by atoms with van der Waals surface area (Å²) in [6.45, 7) is -1.52. The maximum atomic E-state index is 14.9. The fourth-order valence-electron chi connectivity index (χ4n) is 6.93. The van der Waals surface area contributed by atoms with Gasteiger partial charge in [-0.25, -0.2) is 19.6 Å². The summed E-state index contributed by atoms with van der Waals surface area (Å²) < 4.78 is 41.2. The molecule has 2 fully saturated rings. The second-order valence-electron chi connectivity index (χ2n) is 13.5. The van der Waals surface area contributed by atoms with Gasteiger partial charge in [0, 0.05) is 18.0 Å². The van der Waals surface area contributed by atoms with Crippen LogP contribution in [0.2, 0.25) is 0 Å². The number of amides is 3. The van der Waals surface area contributed by atoms with Crippen LogP contribution in [-0.4, -0.2) is 87.2 Å². The second kappa shape index (κ2) is 13.7. The molecule has 1 aliphatic carbocycles. The van der Waals surface area contributed by atoms with Gasteiger partial charge in [0.25, 0.3) is 5.92 Å². The van der Waals surface area contributed by atoms with Gasteiger partial charge in [-0.3, -0.25) is 9.59 Å². The van der Waals surface area contributed by atoms with Crippen LogP contribution in [0.4, 0.5) is 13.6 Å². The highest BCUT2D eigenvalue weighted by Crippen LogP contribution is 2.45. The summed E-state index contributed by atoms with van der Waals surface area (Å²) in [4.78, 5) is 64.4. The van der Waals surface area contributed by atoms with E-state index in [0.29, 0.717) is 47.5 Å². The summed E-state index contributed by atoms with van der Waals surface area (Å²) in [6, 6.07) is 12.6. The Hall–Kier alpha value is -5.40. The summed E-state index contributed by atoms with van der Waals surface area (Å²) in [5.74, 6) is -7.22. The molecule has 3 N–H and O–H groups in total. The molecule has 1 saturated carbocycles. The lowest BCUT2D eigenvalue weighted by atomic mass is 10.0. The zero-order valence-corrected chi connectivity index (χ0v) is 27.6. The summed E-state index contributed by atoms with van der Waals surface area (Å²) >= 11 is 0. The number of halogens is 2. The second-order valence-corrected chi connectivity index (χ2v) is 13.5. The Bertz CT molecular complexity index is 1940. The molecule has 4 aliphatic rings. The Balaban J connectivity index is 1.33. The maximum absolute atomic E-state index is 14.9. The van der Waals surface area contributed by atoms with Crippen molar-refractivity contribution in [3.63, 3.8) is 0 Å². The Morgan fingerprint density at radius 2 is 1.80 bits per heavy atom. The highest BCUT2D eigenvalue weighted by molar-refractivity contribution is 5.93. The molecular formula is C37H37F2N5O7. The number of para-hydroxylation sites is 2. The van der Waals surface area contributed by atoms with Crippen molar-refractivity contribution in [1.82, 2.24) is 25.5 Å². The van der Waals surface area contributed by atoms with Crippen molar-refractivity contribution in [2.75, 3.05) is 19.7 Å². The number of allylic oxidation sites excluding steroid dienone is 1. The molecule has 1 unspecified atom stereocenters. The van der Waals surface area contributed by atoms with Crippen LogP contribution in [0.25, 0.3) is 28.4 Å². The van der Waals surface area contributed by atoms with Crippen molar-refractivity contribution >= 4 is 41.0 Å². The summed E-state index contributed by atoms with van der Waals surface area (Å²) in [6.07, 6.45) is 6.41. The lowest BCUT2D eigenvalue weighted by Gasteiger charge is -2.25. The first kappa shape index (κ1) is 34.1. The van der Waals surface area contributed by atoms with E-state index < -0.39 is 60.0 Å². The maximum Gasteiger partial charge on any atom is 0.408 e. The highest BCUT2D eigenvalue weighted by Gasteiger charge is 2.61. The number of cyclic esters (lactones) is 1. The first-order valence-electron chi connectivity index (χ1n) is 17.1. The third-order valence-electron chi connectivity index (χ3n) is 9.86. The third-order valence-corrected chi connectivity index (χ3v) is 9.86. The quantitative estimate of drug-likeness (QED) is 0.305. The average molecular weight is 702 g/mol. The molecule has 51 heavy (non-hydrogen) atoms. The number of carbonyl (C=O) groups is 4. The number of benzene rings is 2. The molecule has 4 heterocycles. The number of hydrogen-bond donors (Lipinski definition) is 3. The molecule has 12 nitrogen and oxygen atoms in total. The minimum atomic E-state index is -3.52. The third kappa shape index (κ3) is 7.26. The molecule has 6 bridgehead atoms. The van der Waals surface area contributed by atoms with Gasteiger partial charge >= 0.3 is 12.1 Å². The first-order chi connectivity index (χ1) is 24.5. The monoisotopic (exact) mass is 701 g/mol. The summed E-state index contributed by atoms with van der Waals surface area (Å²) in [7, 11) is 0. The number of hydrogen-bond acceptors (Lipinski definition) is 8. The molecule has 7 rings (SSSR count). The highest BCUT2D eigenvalue weighted by atomic mass is 19.3. The van der Waals surface area contributed by atoms with E-state index in [1.165, 1.54) is 11.0 Å². The van der Waals surface area contributed by atoms with Crippen LogP contribution < -0.4 is 15.4 Å². The topological polar surface area (TPSA) is 160 Å². The van der Waals surface area contributed by atoms with Gasteiger partial charge in [-0.05, 0) is 55.5 Å². The number of carbonyl (C=O) groups excluding carboxylic acids is 3. The number of ether oxygens (including phenoxy) is 2. The molecule has 1 aromatic heterocycles. The van der Waals surface area contributed by atoms with E-state index in [0.717, 1.165) is 6.42 Å². The Morgan fingerprint density at radius 3 is 2.61 bits per heavy atom. The number of fused-ring (bicyclic) bond motifs is 10. The van der Waals surface area contributed by atoms with Crippen LogP contribution in [0.15, 0.2) is 66.8 Å². The SMILES string of the molecule is O=C1N[C@H]2CCCCC/C=C/[C@@H]3C[C@]3(C(=O)O)NC(=O)C3CN(C[C@@H]3Oc3nc4ccccc4nc3-c3cccc(c3)/C=C/C(F)(F)CO1)C2=O. The van der Waals surface area contributed by atoms with Crippen molar-refractivity contribution in [1.29, 1.82) is 0 Å². The van der Waals surface area contributed by atoms with Crippen molar-refractivity contribution in [3.05, 3.63) is 72.3 Å². The smallest absolute Gasteiger partial charge is 0.408 e. The molecule has 5 atom stereocenters. The molecule has 0 radical (unpaired) electrons. The molecule has 266 valence electrons. The standard InChI is InChI=1S/C37H37F2N5O7/c38-36(39)16-15-22-9-8-10-23(17-22)30-32(41-27-13-7-6-12-26(27)40-30)51-29-20-44-19-25(29)31(45)43-37(34(47)48)18-24(37)11-4-2-1-3-5-14-28(33(44)46)42-35(49)50-21-36/h4,6-13,15-17,24-25,28-29H,1-3,5,14,18-21H2,(H,42,49)(H,43,45)(H,47,48)/b11-4+,16-15+/t24-,25?,28+,29+,37+/m1/s1. The lowest BCUT2D eigenvalue weighted by molar-refractivity contribution is -0.144. The van der Waals surface area contributed by atoms with Gasteiger partial charge in [0.2, 0.25) is 17.7 Å². The van der Waals surface area contributed by atoms with E-state index in [-0.39, 0.29) is 43.4 Å². The molecule has 3 amide bonds. The van der Waals surface area contributed by atoms with E-state index in [9.17, 15) is 33.1 Å². The molecule has 1 saturated heterocycles. The zero-order chi connectivity index (χ0) is 35.8. The fourth-order valence-corrected chi connectivity index (χ4v) is 6.93. The summed E-state index contributed by atoms with van der Waals surface area (Å²) in [5, 5.41) is 15.4. The predicted molar refractivity (Wildman–Crippen MR) is 181 cm³/mol. The minimum Gasteiger partial charge on any atom is -0.479 e. The van der Waals surface area contributed by atoms with Crippen molar-refractivity contribution in [2.45, 2.75) is 62.1 Å². The average Bonchev–Trinajstić information content (AvgIpc) is 3.65. The number of rotatable bonds is 1. The fraction of sp³-hybridized carbons (Fsp3) is 0.405. The largest absolute Gasteiger partial charge is 0.479 e. The van der Waals surface area contributed by atoms with E-state index in [1.807, 2.05) is 12.2 Å². The number of carboxylic acids is 1. The normalized spacial score (nSPS) is 29.3. The van der Waals surface area contributed by atoms with Crippen LogP contribution in [-0.2, 0) is 19.1 Å². The molecule has 3 aliphatic heterocycles. The number of nitrogens with zero attached hydrogens (tertiary/aromatic N) is 3. The van der Waals surface area contributed by atoms with Crippen LogP contribution in [0, 0.1) is 11.8 Å². The number of alkyl halides is 2. The van der Waals surface area contributed by atoms with Gasteiger partial charge < -0.3 is 30.1 Å². The number of nitrogens with one attached hydrogen (secondary N) is 2. The number of alkyl carbamates (subject to hydrolysis) is 1. The van der Waals surface area contributed by atoms with Crippen LogP contribution >= 0.6 is 0 Å². The van der Waals surface area contributed by atoms with Gasteiger partial charge in [-0.1, -0.05) is 61.4 Å². The van der Waals surface area contributed by atoms with Crippen LogP contribution in [0.5, 0.6) is 5.88 Å². The van der Waals surface area contributed by atoms with Crippen molar-refractivity contribution < 1.29 is 42.5 Å². The number of carboxylic acid groups (broad SMARTS) is 1. The van der Waals surface area contributed by atoms with Gasteiger partial charge in [0.15, 0.2) is 6.61 Å². The first-order valence-corrected chi connectivity index (χ1v) is 17.1. The van der Waals surface area contributed by atoms with Gasteiger partial charge in [-0.15, -0.1) is 0 Å². The van der Waals surface area contributed by atoms with Crippen molar-refractivity contribution in [2.24, 2.45) is 11.8 Å². The lowest BCUT2D eigenvalue weighted by Crippen LogP contribution is -2.50. The number of aromatic nitrogens is 2. The predicted octanol–water partition coefficient (Wildman–Crippen LogP) is 4.74. The van der Waals surface area contributed by atoms with E-state index in [4.69, 9.17) is 19.4 Å². The Labute approximate surface area is 291 Å². The Kier molecular flexibility index (Phi) is 9.17. The van der Waals surface area contributed by atoms with E-state index >= 15 is 0 Å². The van der Waals surface area contributed by atoms with E-state index in [1.54, 1.807) is 48.5 Å². The molecule has 3 aromatic rings. The Morgan fingerprint density at radius 1 is 1.00 bits per heavy atom. The molecule has 2 aromatic carbocycles. The van der Waals surface area contributed by atoms with Gasteiger partial charge in [0.05, 0.1) is 23.5 Å². The van der Waals surface area contributed by atoms with E-state index in [2.05, 4.69) is 10.6 Å². The van der Waals surface area contributed by atoms with Gasteiger partial charge in [-0.2, -0.15) is 8.78 Å². The molecule has 0 spiro atoms. The van der Waals surface area contributed by atoms with Crippen LogP contribution in [0.3, 0.4) is 0 Å². The zero-order valence-electron chi connectivity index (χ0n) is 27.6. The van der Waals surface area contributed by atoms with Crippen molar-refractivity contribution in [3.8, 4) is 17.1 Å². The molecular weight excluding hydrogens is 664 g/mol. The summed E-state index contributed by atoms with van der Waals surface area (Å²) in [5.41, 5.74) is 0.708. The van der Waals surface area contributed by atoms with Gasteiger partial charge in [0.1, 0.15) is 23.4 Å². The number of aliphatic carboxylic acids is 1.